The maximum Gasteiger partial charge on any atom is 0.223 e. The highest BCUT2D eigenvalue weighted by atomic mass is 35.5. The minimum atomic E-state index is -0.118. The topological polar surface area (TPSA) is 109 Å². The molecule has 0 aliphatic carbocycles. The number of amides is 1. The van der Waals surface area contributed by atoms with Crippen molar-refractivity contribution in [1.82, 2.24) is 4.98 Å². The Balaban J connectivity index is 0.00000338. The number of thiazole rings is 1. The zero-order valence-electron chi connectivity index (χ0n) is 14.6. The third-order valence-corrected chi connectivity index (χ3v) is 4.38. The fraction of sp³-hybridized carbons (Fsp3) is 0.333. The lowest BCUT2D eigenvalue weighted by Crippen LogP contribution is -2.15. The summed E-state index contributed by atoms with van der Waals surface area (Å²) in [6, 6.07) is 8.15. The van der Waals surface area contributed by atoms with Crippen molar-refractivity contribution in [3.05, 3.63) is 46.5 Å². The van der Waals surface area contributed by atoms with Crippen LogP contribution in [0.3, 0.4) is 0 Å². The summed E-state index contributed by atoms with van der Waals surface area (Å²) in [5, 5.41) is 12.4. The highest BCUT2D eigenvalue weighted by Gasteiger charge is 2.06. The number of carbonyl (C=O) groups excluding carboxylic acids is 2. The molecular formula is C18H23ClN4O2S. The number of carbonyl (C=O) groups is 2. The van der Waals surface area contributed by atoms with Crippen molar-refractivity contribution in [2.45, 2.75) is 39.0 Å². The molecule has 26 heavy (non-hydrogen) atoms. The number of nitrogens with two attached hydrogens (primary N) is 1. The highest BCUT2D eigenvalue weighted by molar-refractivity contribution is 7.13. The molecule has 0 aliphatic rings. The van der Waals surface area contributed by atoms with Crippen LogP contribution in [-0.4, -0.2) is 22.5 Å². The van der Waals surface area contributed by atoms with Gasteiger partial charge in [0.25, 0.3) is 0 Å². The average molecular weight is 395 g/mol. The lowest BCUT2D eigenvalue weighted by Gasteiger charge is -2.05. The second-order valence-electron chi connectivity index (χ2n) is 5.89. The Morgan fingerprint density at radius 2 is 1.92 bits per heavy atom. The Morgan fingerprint density at radius 3 is 2.58 bits per heavy atom. The average Bonchev–Trinajstić information content (AvgIpc) is 2.97. The molecular weight excluding hydrogens is 372 g/mol. The number of halogens is 1. The lowest BCUT2D eigenvalue weighted by atomic mass is 10.0. The summed E-state index contributed by atoms with van der Waals surface area (Å²) in [7, 11) is 0. The molecule has 1 amide bonds. The maximum absolute atomic E-state index is 11.6. The number of aryl methyl sites for hydroxylation is 3. The smallest absolute Gasteiger partial charge is 0.223 e. The summed E-state index contributed by atoms with van der Waals surface area (Å²) < 4.78 is 0. The van der Waals surface area contributed by atoms with Crippen molar-refractivity contribution in [1.29, 1.82) is 5.41 Å². The van der Waals surface area contributed by atoms with E-state index in [1.54, 1.807) is 0 Å². The molecule has 140 valence electrons. The van der Waals surface area contributed by atoms with Crippen molar-refractivity contribution in [2.75, 3.05) is 5.32 Å². The quantitative estimate of drug-likeness (QED) is 0.448. The van der Waals surface area contributed by atoms with Gasteiger partial charge in [-0.2, -0.15) is 0 Å². The SMILES string of the molecule is CC(=O)Nc1nc(CCc2cccc(CCC(=O)CC(=N)N)c2)cs1.Cl. The lowest BCUT2D eigenvalue weighted by molar-refractivity contribution is -0.118. The molecule has 0 saturated carbocycles. The van der Waals surface area contributed by atoms with E-state index in [0.29, 0.717) is 18.0 Å². The maximum atomic E-state index is 11.6. The summed E-state index contributed by atoms with van der Waals surface area (Å²) in [6.07, 6.45) is 2.72. The van der Waals surface area contributed by atoms with E-state index in [1.165, 1.54) is 23.8 Å². The minimum absolute atomic E-state index is 0. The van der Waals surface area contributed by atoms with E-state index in [1.807, 2.05) is 17.5 Å². The molecule has 8 heteroatoms. The standard InChI is InChI=1S/C18H22N4O2S.ClH/c1-12(23)21-18-22-15(11-25-18)7-5-13-3-2-4-14(9-13)6-8-16(24)10-17(19)20;/h2-4,9,11H,5-8,10H2,1H3,(H3,19,20)(H,21,22,23);1H. The van der Waals surface area contributed by atoms with Crippen molar-refractivity contribution in [3.63, 3.8) is 0 Å². The number of hydrogen-bond acceptors (Lipinski definition) is 5. The molecule has 2 aromatic rings. The fourth-order valence-corrected chi connectivity index (χ4v) is 3.22. The molecule has 0 aliphatic heterocycles. The van der Waals surface area contributed by atoms with Crippen LogP contribution in [0.25, 0.3) is 0 Å². The van der Waals surface area contributed by atoms with Crippen LogP contribution in [0, 0.1) is 5.41 Å². The number of nitrogens with one attached hydrogen (secondary N) is 2. The Morgan fingerprint density at radius 1 is 1.23 bits per heavy atom. The third-order valence-electron chi connectivity index (χ3n) is 3.58. The van der Waals surface area contributed by atoms with Gasteiger partial charge in [0, 0.05) is 18.7 Å². The molecule has 0 spiro atoms. The van der Waals surface area contributed by atoms with Crippen molar-refractivity contribution >= 4 is 46.4 Å². The van der Waals surface area contributed by atoms with Gasteiger partial charge in [-0.05, 0) is 30.4 Å². The predicted octanol–water partition coefficient (Wildman–Crippen LogP) is 3.14. The molecule has 0 radical (unpaired) electrons. The van der Waals surface area contributed by atoms with Crippen molar-refractivity contribution in [3.8, 4) is 0 Å². The van der Waals surface area contributed by atoms with E-state index < -0.39 is 0 Å². The summed E-state index contributed by atoms with van der Waals surface area (Å²) in [5.74, 6) is -0.209. The van der Waals surface area contributed by atoms with Crippen LogP contribution in [0.5, 0.6) is 0 Å². The van der Waals surface area contributed by atoms with Gasteiger partial charge in [0.15, 0.2) is 5.13 Å². The number of amidine groups is 1. The van der Waals surface area contributed by atoms with E-state index in [9.17, 15) is 9.59 Å². The van der Waals surface area contributed by atoms with Crippen LogP contribution in [0.1, 0.15) is 36.6 Å². The van der Waals surface area contributed by atoms with E-state index in [0.717, 1.165) is 24.1 Å². The molecule has 0 fully saturated rings. The monoisotopic (exact) mass is 394 g/mol. The summed E-state index contributed by atoms with van der Waals surface area (Å²) in [4.78, 5) is 27.0. The summed E-state index contributed by atoms with van der Waals surface area (Å²) >= 11 is 1.42. The van der Waals surface area contributed by atoms with E-state index in [-0.39, 0.29) is 36.4 Å². The number of hydrogen-bond donors (Lipinski definition) is 3. The van der Waals surface area contributed by atoms with Crippen molar-refractivity contribution < 1.29 is 9.59 Å². The van der Waals surface area contributed by atoms with Crippen LogP contribution in [0.2, 0.25) is 0 Å². The van der Waals surface area contributed by atoms with Crippen LogP contribution >= 0.6 is 23.7 Å². The Bertz CT molecular complexity index is 776. The highest BCUT2D eigenvalue weighted by Crippen LogP contribution is 2.17. The minimum Gasteiger partial charge on any atom is -0.387 e. The molecule has 6 nitrogen and oxygen atoms in total. The zero-order valence-corrected chi connectivity index (χ0v) is 16.2. The first kappa shape index (κ1) is 21.8. The van der Waals surface area contributed by atoms with Crippen LogP contribution in [0.4, 0.5) is 5.13 Å². The Labute approximate surface area is 163 Å². The molecule has 1 aromatic heterocycles. The number of benzene rings is 1. The largest absolute Gasteiger partial charge is 0.387 e. The van der Waals surface area contributed by atoms with Gasteiger partial charge in [-0.1, -0.05) is 24.3 Å². The molecule has 0 atom stereocenters. The molecule has 4 N–H and O–H groups in total. The molecule has 0 unspecified atom stereocenters. The Hall–Kier alpha value is -2.25. The third kappa shape index (κ3) is 7.76. The van der Waals surface area contributed by atoms with Gasteiger partial charge in [0.1, 0.15) is 5.78 Å². The van der Waals surface area contributed by atoms with Crippen LogP contribution in [0.15, 0.2) is 29.6 Å². The first-order valence-electron chi connectivity index (χ1n) is 8.07. The molecule has 1 aromatic carbocycles. The van der Waals surface area contributed by atoms with Crippen LogP contribution < -0.4 is 11.1 Å². The van der Waals surface area contributed by atoms with Gasteiger partial charge in [-0.15, -0.1) is 23.7 Å². The van der Waals surface area contributed by atoms with Crippen LogP contribution in [-0.2, 0) is 28.9 Å². The second-order valence-corrected chi connectivity index (χ2v) is 6.74. The van der Waals surface area contributed by atoms with Gasteiger partial charge in [-0.25, -0.2) is 4.98 Å². The summed E-state index contributed by atoms with van der Waals surface area (Å²) in [5.41, 5.74) is 8.49. The van der Waals surface area contributed by atoms with Gasteiger partial charge in [0.2, 0.25) is 5.91 Å². The fourth-order valence-electron chi connectivity index (χ4n) is 2.43. The first-order valence-corrected chi connectivity index (χ1v) is 8.94. The van der Waals surface area contributed by atoms with Gasteiger partial charge < -0.3 is 11.1 Å². The number of rotatable bonds is 9. The molecule has 0 bridgehead atoms. The van der Waals surface area contributed by atoms with Crippen molar-refractivity contribution in [2.24, 2.45) is 5.73 Å². The number of ketones is 1. The van der Waals surface area contributed by atoms with Gasteiger partial charge in [0.05, 0.1) is 18.0 Å². The first-order chi connectivity index (χ1) is 11.9. The number of Topliss-reactive ketones (excluding diaryl/α,β-unsaturated/α-hetero) is 1. The van der Waals surface area contributed by atoms with Gasteiger partial charge >= 0.3 is 0 Å². The van der Waals surface area contributed by atoms with Gasteiger partial charge in [-0.3, -0.25) is 15.0 Å². The normalized spacial score (nSPS) is 10.0. The predicted molar refractivity (Wildman–Crippen MR) is 107 cm³/mol. The molecule has 1 heterocycles. The van der Waals surface area contributed by atoms with E-state index in [2.05, 4.69) is 22.4 Å². The number of aromatic nitrogens is 1. The second kappa shape index (κ2) is 10.7. The number of nitrogens with zero attached hydrogens (tertiary/aromatic N) is 1. The molecule has 0 saturated heterocycles. The molecule has 2 rings (SSSR count). The number of anilines is 1. The zero-order chi connectivity index (χ0) is 18.2. The van der Waals surface area contributed by atoms with E-state index in [4.69, 9.17) is 11.1 Å². The summed E-state index contributed by atoms with van der Waals surface area (Å²) in [6.45, 7) is 1.47. The Kier molecular flexibility index (Phi) is 8.95. The van der Waals surface area contributed by atoms with E-state index >= 15 is 0 Å².